The van der Waals surface area contributed by atoms with E-state index in [1.165, 1.54) is 31.7 Å². The molecule has 0 spiro atoms. The minimum Gasteiger partial charge on any atom is -0.478 e. The summed E-state index contributed by atoms with van der Waals surface area (Å²) in [5, 5.41) is 19.0. The second-order valence-corrected chi connectivity index (χ2v) is 6.87. The van der Waals surface area contributed by atoms with Crippen molar-refractivity contribution >= 4 is 11.9 Å². The average molecular weight is 384 g/mol. The van der Waals surface area contributed by atoms with Crippen LogP contribution in [-0.2, 0) is 6.42 Å². The van der Waals surface area contributed by atoms with Gasteiger partial charge in [-0.15, -0.1) is 0 Å². The van der Waals surface area contributed by atoms with Gasteiger partial charge in [0.25, 0.3) is 0 Å². The maximum absolute atomic E-state index is 11.8. The van der Waals surface area contributed by atoms with E-state index < -0.39 is 11.9 Å². The van der Waals surface area contributed by atoms with Crippen LogP contribution in [0.3, 0.4) is 0 Å². The summed E-state index contributed by atoms with van der Waals surface area (Å²) < 4.78 is 5.86. The van der Waals surface area contributed by atoms with Crippen LogP contribution in [-0.4, -0.2) is 22.2 Å². The minimum atomic E-state index is -1.30. The normalized spacial score (nSPS) is 10.6. The van der Waals surface area contributed by atoms with E-state index in [1.807, 2.05) is 6.07 Å². The Morgan fingerprint density at radius 2 is 1.46 bits per heavy atom. The van der Waals surface area contributed by atoms with Gasteiger partial charge in [0, 0.05) is 0 Å². The summed E-state index contributed by atoms with van der Waals surface area (Å²) in [5.41, 5.74) is 0.165. The number of aromatic carboxylic acids is 2. The Bertz CT molecular complexity index is 783. The summed E-state index contributed by atoms with van der Waals surface area (Å²) in [5.74, 6) is -1.97. The van der Waals surface area contributed by atoms with E-state index in [4.69, 9.17) is 4.74 Å². The highest BCUT2D eigenvalue weighted by molar-refractivity contribution is 6.04. The Hall–Kier alpha value is -2.82. The van der Waals surface area contributed by atoms with Gasteiger partial charge in [0.2, 0.25) is 0 Å². The molecule has 0 amide bonds. The molecule has 0 saturated heterocycles. The number of rotatable bonds is 12. The number of aryl methyl sites for hydroxylation is 1. The van der Waals surface area contributed by atoms with E-state index in [9.17, 15) is 19.8 Å². The molecule has 0 unspecified atom stereocenters. The van der Waals surface area contributed by atoms with Crippen molar-refractivity contribution in [3.63, 3.8) is 0 Å². The number of unbranched alkanes of at least 4 members (excludes halogenated alkanes) is 6. The second-order valence-electron chi connectivity index (χ2n) is 6.87. The Labute approximate surface area is 166 Å². The van der Waals surface area contributed by atoms with Crippen molar-refractivity contribution in [1.82, 2.24) is 0 Å². The van der Waals surface area contributed by atoms with Crippen LogP contribution >= 0.6 is 0 Å². The second kappa shape index (κ2) is 11.1. The van der Waals surface area contributed by atoms with Crippen molar-refractivity contribution in [2.24, 2.45) is 0 Å². The van der Waals surface area contributed by atoms with Crippen LogP contribution < -0.4 is 4.74 Å². The lowest BCUT2D eigenvalue weighted by Gasteiger charge is -2.16. The summed E-state index contributed by atoms with van der Waals surface area (Å²) in [6.45, 7) is 2.19. The summed E-state index contributed by atoms with van der Waals surface area (Å²) in [6.07, 6.45) is 8.68. The fourth-order valence-corrected chi connectivity index (χ4v) is 3.21. The van der Waals surface area contributed by atoms with E-state index >= 15 is 0 Å². The van der Waals surface area contributed by atoms with Gasteiger partial charge in [0.1, 0.15) is 17.1 Å². The molecule has 28 heavy (non-hydrogen) atoms. The molecule has 0 aliphatic heterocycles. The highest BCUT2D eigenvalue weighted by Gasteiger charge is 2.24. The Morgan fingerprint density at radius 3 is 2.07 bits per heavy atom. The van der Waals surface area contributed by atoms with Crippen LogP contribution in [0.15, 0.2) is 42.5 Å². The van der Waals surface area contributed by atoms with E-state index in [0.29, 0.717) is 12.2 Å². The zero-order valence-electron chi connectivity index (χ0n) is 16.3. The van der Waals surface area contributed by atoms with Gasteiger partial charge in [-0.25, -0.2) is 9.59 Å². The molecule has 0 heterocycles. The third kappa shape index (κ3) is 6.12. The van der Waals surface area contributed by atoms with Crippen molar-refractivity contribution < 1.29 is 24.5 Å². The summed E-state index contributed by atoms with van der Waals surface area (Å²) >= 11 is 0. The maximum Gasteiger partial charge on any atom is 0.340 e. The largest absolute Gasteiger partial charge is 0.478 e. The van der Waals surface area contributed by atoms with Crippen LogP contribution in [0.4, 0.5) is 0 Å². The molecular formula is C23H28O5. The van der Waals surface area contributed by atoms with Crippen LogP contribution in [0, 0.1) is 0 Å². The Balaban J connectivity index is 2.22. The molecule has 0 fully saturated rings. The summed E-state index contributed by atoms with van der Waals surface area (Å²) in [4.78, 5) is 23.3. The van der Waals surface area contributed by atoms with Gasteiger partial charge in [-0.3, -0.25) is 0 Å². The number of carboxylic acids is 2. The summed E-state index contributed by atoms with van der Waals surface area (Å²) in [7, 11) is 0. The number of benzene rings is 2. The molecule has 5 heteroatoms. The van der Waals surface area contributed by atoms with E-state index in [1.54, 1.807) is 30.3 Å². The number of para-hydroxylation sites is 1. The van der Waals surface area contributed by atoms with Crippen LogP contribution in [0.25, 0.3) is 0 Å². The monoisotopic (exact) mass is 384 g/mol. The van der Waals surface area contributed by atoms with Gasteiger partial charge < -0.3 is 14.9 Å². The maximum atomic E-state index is 11.8. The smallest absolute Gasteiger partial charge is 0.340 e. The van der Waals surface area contributed by atoms with Gasteiger partial charge >= 0.3 is 11.9 Å². The zero-order valence-corrected chi connectivity index (χ0v) is 16.3. The molecule has 0 saturated carbocycles. The lowest BCUT2D eigenvalue weighted by molar-refractivity contribution is 0.0649. The van der Waals surface area contributed by atoms with Crippen LogP contribution in [0.5, 0.6) is 11.5 Å². The van der Waals surface area contributed by atoms with Crippen molar-refractivity contribution in [2.45, 2.75) is 58.3 Å². The zero-order chi connectivity index (χ0) is 20.4. The van der Waals surface area contributed by atoms with E-state index in [0.717, 1.165) is 24.8 Å². The lowest BCUT2D eigenvalue weighted by Crippen LogP contribution is -2.11. The third-order valence-electron chi connectivity index (χ3n) is 4.70. The molecular weight excluding hydrogens is 356 g/mol. The molecule has 150 valence electrons. The van der Waals surface area contributed by atoms with Crippen molar-refractivity contribution in [3.8, 4) is 11.5 Å². The molecule has 2 aromatic carbocycles. The van der Waals surface area contributed by atoms with Gasteiger partial charge in [-0.1, -0.05) is 69.7 Å². The van der Waals surface area contributed by atoms with Crippen molar-refractivity contribution in [3.05, 3.63) is 59.2 Å². The molecule has 0 radical (unpaired) electrons. The van der Waals surface area contributed by atoms with E-state index in [2.05, 4.69) is 6.92 Å². The fraction of sp³-hybridized carbons (Fsp3) is 0.391. The van der Waals surface area contributed by atoms with Crippen molar-refractivity contribution in [2.75, 3.05) is 0 Å². The molecule has 0 aliphatic rings. The van der Waals surface area contributed by atoms with Gasteiger partial charge in [-0.05, 0) is 36.6 Å². The minimum absolute atomic E-state index is 0.129. The first-order valence-corrected chi connectivity index (χ1v) is 9.90. The first-order chi connectivity index (χ1) is 13.5. The lowest BCUT2D eigenvalue weighted by atomic mass is 9.97. The number of hydrogen-bond acceptors (Lipinski definition) is 3. The molecule has 0 aliphatic carbocycles. The van der Waals surface area contributed by atoms with Crippen molar-refractivity contribution in [1.29, 1.82) is 0 Å². The predicted molar refractivity (Wildman–Crippen MR) is 109 cm³/mol. The number of hydrogen-bond donors (Lipinski definition) is 2. The molecule has 0 atom stereocenters. The van der Waals surface area contributed by atoms with Crippen LogP contribution in [0.2, 0.25) is 0 Å². The molecule has 2 rings (SSSR count). The summed E-state index contributed by atoms with van der Waals surface area (Å²) in [6, 6.07) is 11.9. The number of carboxylic acid groups (broad SMARTS) is 2. The Morgan fingerprint density at radius 1 is 0.821 bits per heavy atom. The van der Waals surface area contributed by atoms with Gasteiger partial charge in [0.15, 0.2) is 0 Å². The number of carbonyl (C=O) groups is 2. The third-order valence-corrected chi connectivity index (χ3v) is 4.70. The topological polar surface area (TPSA) is 83.8 Å². The highest BCUT2D eigenvalue weighted by atomic mass is 16.5. The van der Waals surface area contributed by atoms with Gasteiger partial charge in [-0.2, -0.15) is 0 Å². The first kappa shape index (κ1) is 21.5. The predicted octanol–water partition coefficient (Wildman–Crippen LogP) is 6.17. The standard InChI is InChI=1S/C23H28O5/c1-2-3-4-5-6-7-9-12-17-15-16-19(22(24)25)20(23(26)27)21(17)28-18-13-10-8-11-14-18/h8,10-11,13-16H,2-7,9,12H2,1H3,(H,24,25)(H,26,27). The van der Waals surface area contributed by atoms with Gasteiger partial charge in [0.05, 0.1) is 5.56 Å². The highest BCUT2D eigenvalue weighted by Crippen LogP contribution is 2.33. The quantitative estimate of drug-likeness (QED) is 0.428. The number of ether oxygens (including phenoxy) is 1. The SMILES string of the molecule is CCCCCCCCCc1ccc(C(=O)O)c(C(=O)O)c1Oc1ccccc1. The first-order valence-electron chi connectivity index (χ1n) is 9.90. The van der Waals surface area contributed by atoms with Crippen LogP contribution in [0.1, 0.15) is 78.1 Å². The average Bonchev–Trinajstić information content (AvgIpc) is 2.68. The molecule has 0 bridgehead atoms. The fourth-order valence-electron chi connectivity index (χ4n) is 3.21. The molecule has 5 nitrogen and oxygen atoms in total. The molecule has 2 aromatic rings. The Kier molecular flexibility index (Phi) is 8.53. The van der Waals surface area contributed by atoms with E-state index in [-0.39, 0.29) is 16.9 Å². The molecule has 0 aromatic heterocycles. The molecule has 2 N–H and O–H groups in total.